The third kappa shape index (κ3) is 3.51. The Morgan fingerprint density at radius 2 is 2.10 bits per heavy atom. The molecule has 0 aromatic heterocycles. The van der Waals surface area contributed by atoms with Gasteiger partial charge in [0, 0.05) is 12.6 Å². The van der Waals surface area contributed by atoms with Crippen LogP contribution in [-0.4, -0.2) is 37.7 Å². The Hall–Kier alpha value is -1.10. The Labute approximate surface area is 125 Å². The van der Waals surface area contributed by atoms with E-state index in [1.165, 1.54) is 11.1 Å². The normalized spacial score (nSPS) is 25.2. The Kier molecular flexibility index (Phi) is 5.40. The van der Waals surface area contributed by atoms with Crippen molar-refractivity contribution < 1.29 is 9.53 Å². The first kappa shape index (κ1) is 15.3. The molecule has 1 saturated heterocycles. The zero-order chi connectivity index (χ0) is 13.1. The third-order valence-electron chi connectivity index (χ3n) is 3.93. The smallest absolute Gasteiger partial charge is 0.239 e. The van der Waals surface area contributed by atoms with Crippen LogP contribution in [0.25, 0.3) is 0 Å². The van der Waals surface area contributed by atoms with E-state index in [-0.39, 0.29) is 30.4 Å². The molecule has 2 aliphatic rings. The minimum Gasteiger partial charge on any atom is -0.378 e. The highest BCUT2D eigenvalue weighted by molar-refractivity contribution is 5.85. The van der Waals surface area contributed by atoms with Gasteiger partial charge in [-0.15, -0.1) is 12.4 Å². The van der Waals surface area contributed by atoms with E-state index in [2.05, 4.69) is 34.9 Å². The minimum atomic E-state index is -0.189. The summed E-state index contributed by atoms with van der Waals surface area (Å²) in [5.74, 6) is 0.0732. The largest absolute Gasteiger partial charge is 0.378 e. The van der Waals surface area contributed by atoms with Gasteiger partial charge in [-0.25, -0.2) is 0 Å². The molecule has 2 unspecified atom stereocenters. The lowest BCUT2D eigenvalue weighted by atomic mass is 9.88. The van der Waals surface area contributed by atoms with Crippen LogP contribution >= 0.6 is 12.4 Å². The van der Waals surface area contributed by atoms with Crippen molar-refractivity contribution in [3.63, 3.8) is 0 Å². The van der Waals surface area contributed by atoms with Crippen LogP contribution in [0.5, 0.6) is 0 Å². The molecule has 2 N–H and O–H groups in total. The number of carbonyl (C=O) groups is 1. The summed E-state index contributed by atoms with van der Waals surface area (Å²) in [5.41, 5.74) is 2.79. The highest BCUT2D eigenvalue weighted by Crippen LogP contribution is 2.21. The van der Waals surface area contributed by atoms with Crippen LogP contribution in [0.1, 0.15) is 17.5 Å². The van der Waals surface area contributed by atoms with E-state index in [1.807, 2.05) is 0 Å². The first-order chi connectivity index (χ1) is 9.33. The number of amides is 1. The lowest BCUT2D eigenvalue weighted by Gasteiger charge is -2.29. The monoisotopic (exact) mass is 296 g/mol. The fraction of sp³-hybridized carbons (Fsp3) is 0.533. The fourth-order valence-corrected chi connectivity index (χ4v) is 2.86. The number of benzene rings is 1. The van der Waals surface area contributed by atoms with E-state index in [4.69, 9.17) is 4.74 Å². The molecule has 0 bridgehead atoms. The number of carbonyl (C=O) groups excluding carboxylic acids is 1. The highest BCUT2D eigenvalue weighted by atomic mass is 35.5. The second-order valence-corrected chi connectivity index (χ2v) is 5.30. The molecule has 1 heterocycles. The summed E-state index contributed by atoms with van der Waals surface area (Å²) in [5, 5.41) is 6.34. The number of nitrogens with one attached hydrogen (secondary N) is 2. The predicted octanol–water partition coefficient (Wildman–Crippen LogP) is 1.07. The van der Waals surface area contributed by atoms with E-state index >= 15 is 0 Å². The molecule has 0 radical (unpaired) electrons. The fourth-order valence-electron chi connectivity index (χ4n) is 2.86. The van der Waals surface area contributed by atoms with Gasteiger partial charge < -0.3 is 15.4 Å². The van der Waals surface area contributed by atoms with Gasteiger partial charge in [-0.3, -0.25) is 4.79 Å². The van der Waals surface area contributed by atoms with Crippen LogP contribution in [0.2, 0.25) is 0 Å². The Morgan fingerprint density at radius 1 is 1.30 bits per heavy atom. The third-order valence-corrected chi connectivity index (χ3v) is 3.93. The maximum atomic E-state index is 12.1. The van der Waals surface area contributed by atoms with Crippen LogP contribution in [0, 0.1) is 0 Å². The van der Waals surface area contributed by atoms with Gasteiger partial charge in [0.25, 0.3) is 0 Å². The maximum absolute atomic E-state index is 12.1. The van der Waals surface area contributed by atoms with Crippen molar-refractivity contribution in [2.24, 2.45) is 0 Å². The minimum absolute atomic E-state index is 0. The average molecular weight is 297 g/mol. The zero-order valence-corrected chi connectivity index (χ0v) is 12.2. The zero-order valence-electron chi connectivity index (χ0n) is 11.4. The van der Waals surface area contributed by atoms with E-state index < -0.39 is 0 Å². The number of fused-ring (bicyclic) bond motifs is 1. The molecule has 5 heteroatoms. The van der Waals surface area contributed by atoms with Crippen molar-refractivity contribution in [3.05, 3.63) is 35.4 Å². The quantitative estimate of drug-likeness (QED) is 0.858. The number of ether oxygens (including phenoxy) is 1. The van der Waals surface area contributed by atoms with Crippen molar-refractivity contribution in [2.75, 3.05) is 19.8 Å². The van der Waals surface area contributed by atoms with E-state index in [0.29, 0.717) is 13.2 Å². The van der Waals surface area contributed by atoms with Crippen molar-refractivity contribution in [3.8, 4) is 0 Å². The van der Waals surface area contributed by atoms with Crippen molar-refractivity contribution in [1.82, 2.24) is 10.6 Å². The number of halogens is 1. The molecule has 2 atom stereocenters. The molecule has 1 fully saturated rings. The molecule has 110 valence electrons. The number of hydrogen-bond donors (Lipinski definition) is 2. The van der Waals surface area contributed by atoms with Gasteiger partial charge in [-0.05, 0) is 30.4 Å². The molecule has 1 aromatic rings. The summed E-state index contributed by atoms with van der Waals surface area (Å²) in [6.07, 6.45) is 3.02. The first-order valence-corrected chi connectivity index (χ1v) is 7.01. The standard InChI is InChI=1S/C15H20N2O2.ClH/c18-15(14-10-19-8-7-16-14)17-13-6-5-11-3-1-2-4-12(11)9-13;/h1-4,13-14,16H,5-10H2,(H,17,18);1H. The van der Waals surface area contributed by atoms with Gasteiger partial charge in [0.05, 0.1) is 13.2 Å². The van der Waals surface area contributed by atoms with E-state index in [0.717, 1.165) is 25.8 Å². The van der Waals surface area contributed by atoms with Gasteiger partial charge in [0.1, 0.15) is 6.04 Å². The number of aryl methyl sites for hydroxylation is 1. The highest BCUT2D eigenvalue weighted by Gasteiger charge is 2.25. The summed E-state index contributed by atoms with van der Waals surface area (Å²) < 4.78 is 5.33. The van der Waals surface area contributed by atoms with Crippen molar-refractivity contribution in [1.29, 1.82) is 0 Å². The molecule has 0 spiro atoms. The molecule has 1 aromatic carbocycles. The molecule has 4 nitrogen and oxygen atoms in total. The summed E-state index contributed by atoms with van der Waals surface area (Å²) in [6.45, 7) is 1.93. The van der Waals surface area contributed by atoms with Crippen LogP contribution in [0.3, 0.4) is 0 Å². The molecule has 1 aliphatic heterocycles. The topological polar surface area (TPSA) is 50.4 Å². The predicted molar refractivity (Wildman–Crippen MR) is 80.3 cm³/mol. The molecule has 1 amide bonds. The van der Waals surface area contributed by atoms with Crippen LogP contribution < -0.4 is 10.6 Å². The van der Waals surface area contributed by atoms with Gasteiger partial charge in [0.15, 0.2) is 0 Å². The second-order valence-electron chi connectivity index (χ2n) is 5.30. The van der Waals surface area contributed by atoms with Crippen LogP contribution in [-0.2, 0) is 22.4 Å². The maximum Gasteiger partial charge on any atom is 0.239 e. The summed E-state index contributed by atoms with van der Waals surface area (Å²) in [4.78, 5) is 12.1. The number of rotatable bonds is 2. The molecule has 20 heavy (non-hydrogen) atoms. The number of morpholine rings is 1. The average Bonchev–Trinajstić information content (AvgIpc) is 2.48. The van der Waals surface area contributed by atoms with E-state index in [1.54, 1.807) is 0 Å². The Bertz CT molecular complexity index is 461. The van der Waals surface area contributed by atoms with Gasteiger partial charge in [-0.2, -0.15) is 0 Å². The van der Waals surface area contributed by atoms with Crippen molar-refractivity contribution >= 4 is 18.3 Å². The number of hydrogen-bond acceptors (Lipinski definition) is 3. The van der Waals surface area contributed by atoms with E-state index in [9.17, 15) is 4.79 Å². The lowest BCUT2D eigenvalue weighted by molar-refractivity contribution is -0.126. The van der Waals surface area contributed by atoms with Crippen LogP contribution in [0.4, 0.5) is 0 Å². The Balaban J connectivity index is 0.00000147. The second kappa shape index (κ2) is 7.07. The molecular formula is C15H21ClN2O2. The van der Waals surface area contributed by atoms with Gasteiger partial charge in [-0.1, -0.05) is 24.3 Å². The molecular weight excluding hydrogens is 276 g/mol. The summed E-state index contributed by atoms with van der Waals surface area (Å²) >= 11 is 0. The van der Waals surface area contributed by atoms with Gasteiger partial charge >= 0.3 is 0 Å². The van der Waals surface area contributed by atoms with Gasteiger partial charge in [0.2, 0.25) is 5.91 Å². The van der Waals surface area contributed by atoms with Crippen molar-refractivity contribution in [2.45, 2.75) is 31.3 Å². The molecule has 0 saturated carbocycles. The Morgan fingerprint density at radius 3 is 2.85 bits per heavy atom. The first-order valence-electron chi connectivity index (χ1n) is 7.01. The molecule has 3 rings (SSSR count). The molecule has 1 aliphatic carbocycles. The summed E-state index contributed by atoms with van der Waals surface area (Å²) in [7, 11) is 0. The van der Waals surface area contributed by atoms with Crippen LogP contribution in [0.15, 0.2) is 24.3 Å². The lowest BCUT2D eigenvalue weighted by Crippen LogP contribution is -2.54. The summed E-state index contributed by atoms with van der Waals surface area (Å²) in [6, 6.07) is 8.57. The SMILES string of the molecule is Cl.O=C(NC1CCc2ccccc2C1)C1COCCN1.